The van der Waals surface area contributed by atoms with Crippen molar-refractivity contribution in [2.75, 3.05) is 23.7 Å². The number of anilines is 2. The summed E-state index contributed by atoms with van der Waals surface area (Å²) >= 11 is 0.927. The van der Waals surface area contributed by atoms with Gasteiger partial charge in [0.25, 0.3) is 11.8 Å². The van der Waals surface area contributed by atoms with E-state index in [1.165, 1.54) is 0 Å². The zero-order chi connectivity index (χ0) is 14.3. The normalized spacial score (nSPS) is 22.7. The van der Waals surface area contributed by atoms with Gasteiger partial charge in [0.15, 0.2) is 0 Å². The predicted molar refractivity (Wildman–Crippen MR) is 70.0 cm³/mol. The van der Waals surface area contributed by atoms with Gasteiger partial charge < -0.3 is 32.3 Å². The van der Waals surface area contributed by atoms with E-state index in [9.17, 15) is 19.8 Å². The molecule has 2 unspecified atom stereocenters. The van der Waals surface area contributed by atoms with Crippen molar-refractivity contribution in [1.82, 2.24) is 0 Å². The minimum Gasteiger partial charge on any atom is -0.397 e. The van der Waals surface area contributed by atoms with Crippen LogP contribution in [0.5, 0.6) is 0 Å². The molecular weight excluding hydrogens is 272 g/mol. The van der Waals surface area contributed by atoms with Crippen LogP contribution in [-0.4, -0.2) is 47.3 Å². The second-order valence-corrected chi connectivity index (χ2v) is 5.29. The molecule has 2 atom stereocenters. The van der Waals surface area contributed by atoms with Crippen LogP contribution in [0.2, 0.25) is 0 Å². The maximum absolute atomic E-state index is 11.4. The highest BCUT2D eigenvalue weighted by atomic mass is 32.1. The van der Waals surface area contributed by atoms with E-state index in [4.69, 9.17) is 17.2 Å². The van der Waals surface area contributed by atoms with Gasteiger partial charge in [-0.25, -0.2) is 0 Å². The Morgan fingerprint density at radius 1 is 1.16 bits per heavy atom. The predicted octanol–water partition coefficient (Wildman–Crippen LogP) is -1.93. The molecular formula is C10H14N4O4S. The van der Waals surface area contributed by atoms with Crippen LogP contribution in [0.1, 0.15) is 20.0 Å². The lowest BCUT2D eigenvalue weighted by Gasteiger charge is -2.16. The summed E-state index contributed by atoms with van der Waals surface area (Å²) in [5.74, 6) is -1.54. The van der Waals surface area contributed by atoms with Gasteiger partial charge in [0.05, 0.1) is 23.5 Å². The highest BCUT2D eigenvalue weighted by molar-refractivity contribution is 7.19. The van der Waals surface area contributed by atoms with Gasteiger partial charge in [0.2, 0.25) is 0 Å². The summed E-state index contributed by atoms with van der Waals surface area (Å²) in [6.07, 6.45) is -1.86. The lowest BCUT2D eigenvalue weighted by Crippen LogP contribution is -2.24. The molecule has 1 aliphatic heterocycles. The highest BCUT2D eigenvalue weighted by Gasteiger charge is 2.34. The van der Waals surface area contributed by atoms with Crippen LogP contribution in [0.25, 0.3) is 0 Å². The number of nitrogens with zero attached hydrogens (tertiary/aromatic N) is 1. The molecule has 0 bridgehead atoms. The van der Waals surface area contributed by atoms with Gasteiger partial charge in [-0.15, -0.1) is 11.3 Å². The van der Waals surface area contributed by atoms with Gasteiger partial charge >= 0.3 is 0 Å². The fraction of sp³-hybridized carbons (Fsp3) is 0.400. The number of hydrogen-bond acceptors (Lipinski definition) is 7. The van der Waals surface area contributed by atoms with E-state index < -0.39 is 24.0 Å². The molecule has 8 nitrogen and oxygen atoms in total. The van der Waals surface area contributed by atoms with Crippen LogP contribution in [-0.2, 0) is 0 Å². The largest absolute Gasteiger partial charge is 0.397 e. The van der Waals surface area contributed by atoms with Gasteiger partial charge in [-0.1, -0.05) is 0 Å². The number of nitrogen functional groups attached to an aromatic ring is 1. The first kappa shape index (κ1) is 13.6. The number of nitrogens with two attached hydrogens (primary N) is 3. The summed E-state index contributed by atoms with van der Waals surface area (Å²) in [6.45, 7) is 0.249. The summed E-state index contributed by atoms with van der Waals surface area (Å²) < 4.78 is 0. The van der Waals surface area contributed by atoms with E-state index >= 15 is 0 Å². The van der Waals surface area contributed by atoms with Crippen LogP contribution >= 0.6 is 11.3 Å². The Balaban J connectivity index is 2.48. The molecule has 8 N–H and O–H groups in total. The van der Waals surface area contributed by atoms with Crippen molar-refractivity contribution in [2.45, 2.75) is 12.2 Å². The van der Waals surface area contributed by atoms with Crippen molar-refractivity contribution in [2.24, 2.45) is 11.5 Å². The van der Waals surface area contributed by atoms with E-state index in [1.54, 1.807) is 4.90 Å². The molecule has 1 aromatic rings. The SMILES string of the molecule is NC(=O)c1sc(N2CC(O)C(O)C2)c(C(N)=O)c1N. The monoisotopic (exact) mass is 286 g/mol. The Hall–Kier alpha value is -1.84. The quantitative estimate of drug-likeness (QED) is 0.435. The van der Waals surface area contributed by atoms with E-state index in [1.807, 2.05) is 0 Å². The number of carbonyl (C=O) groups excluding carboxylic acids is 2. The second-order valence-electron chi connectivity index (χ2n) is 4.29. The third kappa shape index (κ3) is 2.23. The van der Waals surface area contributed by atoms with Crippen molar-refractivity contribution in [3.63, 3.8) is 0 Å². The number of hydrogen-bond donors (Lipinski definition) is 5. The Kier molecular flexibility index (Phi) is 3.35. The van der Waals surface area contributed by atoms with E-state index in [2.05, 4.69) is 0 Å². The van der Waals surface area contributed by atoms with Gasteiger partial charge in [-0.3, -0.25) is 9.59 Å². The van der Waals surface area contributed by atoms with E-state index in [0.717, 1.165) is 11.3 Å². The van der Waals surface area contributed by atoms with Crippen LogP contribution in [0.3, 0.4) is 0 Å². The minimum atomic E-state index is -0.930. The minimum absolute atomic E-state index is 0.0000926. The maximum atomic E-state index is 11.4. The summed E-state index contributed by atoms with van der Waals surface area (Å²) in [5.41, 5.74) is 16.1. The molecule has 1 fully saturated rings. The fourth-order valence-electron chi connectivity index (χ4n) is 2.01. The first-order valence-corrected chi connectivity index (χ1v) is 6.27. The summed E-state index contributed by atoms with van der Waals surface area (Å²) in [4.78, 5) is 24.3. The number of aliphatic hydroxyl groups excluding tert-OH is 2. The zero-order valence-corrected chi connectivity index (χ0v) is 10.7. The van der Waals surface area contributed by atoms with Gasteiger partial charge in [-0.05, 0) is 0 Å². The first-order valence-electron chi connectivity index (χ1n) is 5.45. The third-order valence-corrected chi connectivity index (χ3v) is 4.22. The topological polar surface area (TPSA) is 156 Å². The highest BCUT2D eigenvalue weighted by Crippen LogP contribution is 2.39. The molecule has 0 aliphatic carbocycles. The molecule has 2 heterocycles. The number of carbonyl (C=O) groups is 2. The summed E-state index contributed by atoms with van der Waals surface area (Å²) in [7, 11) is 0. The fourth-order valence-corrected chi connectivity index (χ4v) is 3.11. The molecule has 1 aliphatic rings. The second kappa shape index (κ2) is 4.68. The lowest BCUT2D eigenvalue weighted by molar-refractivity contribution is 0.0572. The van der Waals surface area contributed by atoms with Crippen LogP contribution in [0.4, 0.5) is 10.7 Å². The van der Waals surface area contributed by atoms with Crippen molar-refractivity contribution in [3.05, 3.63) is 10.4 Å². The molecule has 0 spiro atoms. The number of amides is 2. The molecule has 2 amide bonds. The van der Waals surface area contributed by atoms with Crippen molar-refractivity contribution < 1.29 is 19.8 Å². The first-order chi connectivity index (χ1) is 8.82. The molecule has 0 saturated carbocycles. The molecule has 104 valence electrons. The van der Waals surface area contributed by atoms with Gasteiger partial charge in [0.1, 0.15) is 9.88 Å². The Morgan fingerprint density at radius 3 is 2.11 bits per heavy atom. The molecule has 1 saturated heterocycles. The smallest absolute Gasteiger partial charge is 0.260 e. The summed E-state index contributed by atoms with van der Waals surface area (Å²) in [6, 6.07) is 0. The number of β-amino-alcohol motifs (C(OH)–C–C–N with tert-alkyl or cyclic N) is 2. The Labute approximate surface area is 112 Å². The molecule has 1 aromatic heterocycles. The Bertz CT molecular complexity index is 534. The van der Waals surface area contributed by atoms with Crippen LogP contribution < -0.4 is 22.1 Å². The molecule has 2 rings (SSSR count). The number of rotatable bonds is 3. The Morgan fingerprint density at radius 2 is 1.68 bits per heavy atom. The van der Waals surface area contributed by atoms with Crippen LogP contribution in [0.15, 0.2) is 0 Å². The number of primary amides is 2. The van der Waals surface area contributed by atoms with Gasteiger partial charge in [-0.2, -0.15) is 0 Å². The molecule has 0 radical (unpaired) electrons. The van der Waals surface area contributed by atoms with Crippen LogP contribution in [0, 0.1) is 0 Å². The average Bonchev–Trinajstić information content (AvgIpc) is 2.80. The van der Waals surface area contributed by atoms with Crippen molar-refractivity contribution in [3.8, 4) is 0 Å². The van der Waals surface area contributed by atoms with E-state index in [-0.39, 0.29) is 29.2 Å². The van der Waals surface area contributed by atoms with Gasteiger partial charge in [0, 0.05) is 13.1 Å². The van der Waals surface area contributed by atoms with E-state index in [0.29, 0.717) is 5.00 Å². The molecule has 9 heteroatoms. The molecule has 0 aromatic carbocycles. The van der Waals surface area contributed by atoms with Crippen molar-refractivity contribution in [1.29, 1.82) is 0 Å². The third-order valence-electron chi connectivity index (χ3n) is 2.94. The number of thiophene rings is 1. The lowest BCUT2D eigenvalue weighted by atomic mass is 10.2. The molecule has 19 heavy (non-hydrogen) atoms. The average molecular weight is 286 g/mol. The maximum Gasteiger partial charge on any atom is 0.260 e. The standard InChI is InChI=1S/C10H14N4O4S/c11-6-5(8(12)17)10(19-7(6)9(13)18)14-1-3(15)4(16)2-14/h3-4,15-16H,1-2,11H2,(H2,12,17)(H2,13,18). The number of aliphatic hydroxyl groups is 2. The summed E-state index contributed by atoms with van der Waals surface area (Å²) in [5, 5.41) is 19.4. The zero-order valence-electron chi connectivity index (χ0n) is 9.87. The van der Waals surface area contributed by atoms with Crippen molar-refractivity contribution >= 4 is 33.8 Å².